The summed E-state index contributed by atoms with van der Waals surface area (Å²) >= 11 is 1.70. The van der Waals surface area contributed by atoms with E-state index in [4.69, 9.17) is 6.42 Å². The van der Waals surface area contributed by atoms with Crippen LogP contribution in [0.2, 0.25) is 0 Å². The van der Waals surface area contributed by atoms with E-state index in [-0.39, 0.29) is 0 Å². The van der Waals surface area contributed by atoms with E-state index < -0.39 is 0 Å². The van der Waals surface area contributed by atoms with Crippen LogP contribution < -0.4 is 5.32 Å². The van der Waals surface area contributed by atoms with Crippen LogP contribution in [0, 0.1) is 12.3 Å². The molecule has 0 amide bonds. The molecule has 2 N–H and O–H groups in total. The van der Waals surface area contributed by atoms with Gasteiger partial charge in [-0.25, -0.2) is 4.98 Å². The number of hydrogen-bond donors (Lipinski definition) is 2. The minimum atomic E-state index is 0.472. The molecule has 1 atom stereocenters. The molecule has 1 heterocycles. The Morgan fingerprint density at radius 2 is 2.69 bits per heavy atom. The molecule has 1 aromatic heterocycles. The van der Waals surface area contributed by atoms with E-state index in [1.807, 2.05) is 6.20 Å². The van der Waals surface area contributed by atoms with Crippen LogP contribution in [0.15, 0.2) is 17.6 Å². The highest BCUT2D eigenvalue weighted by molar-refractivity contribution is 7.99. The first kappa shape index (κ1) is 10.2. The Bertz CT molecular complexity index is 263. The van der Waals surface area contributed by atoms with Gasteiger partial charge in [0.2, 0.25) is 0 Å². The maximum atomic E-state index is 5.11. The molecule has 0 saturated carbocycles. The van der Waals surface area contributed by atoms with Crippen molar-refractivity contribution in [3.05, 3.63) is 12.4 Å². The highest BCUT2D eigenvalue weighted by Crippen LogP contribution is 2.17. The monoisotopic (exact) mass is 195 g/mol. The first-order valence-corrected chi connectivity index (χ1v) is 5.01. The number of thioether (sulfide) groups is 1. The number of hydrogen-bond acceptors (Lipinski definition) is 3. The summed E-state index contributed by atoms with van der Waals surface area (Å²) in [5, 5.41) is 4.57. The van der Waals surface area contributed by atoms with Crippen LogP contribution in [-0.4, -0.2) is 28.3 Å². The Morgan fingerprint density at radius 1 is 1.85 bits per heavy atom. The van der Waals surface area contributed by atoms with Gasteiger partial charge in [0.15, 0.2) is 5.16 Å². The van der Waals surface area contributed by atoms with Crippen molar-refractivity contribution in [2.45, 2.75) is 17.3 Å². The molecule has 0 aromatic carbocycles. The number of nitrogens with zero attached hydrogens (tertiary/aromatic N) is 1. The molecule has 0 radical (unpaired) electrons. The average molecular weight is 195 g/mol. The molecule has 1 aromatic rings. The van der Waals surface area contributed by atoms with Crippen molar-refractivity contribution in [2.24, 2.45) is 0 Å². The average Bonchev–Trinajstić information content (AvgIpc) is 2.57. The number of rotatable bonds is 5. The Hall–Kier alpha value is -0.920. The summed E-state index contributed by atoms with van der Waals surface area (Å²) in [6, 6.07) is 0. The van der Waals surface area contributed by atoms with Crippen LogP contribution in [0.25, 0.3) is 0 Å². The predicted molar refractivity (Wildman–Crippen MR) is 55.6 cm³/mol. The fraction of sp³-hybridized carbons (Fsp3) is 0.444. The lowest BCUT2D eigenvalue weighted by Gasteiger charge is -2.08. The summed E-state index contributed by atoms with van der Waals surface area (Å²) in [7, 11) is 0. The smallest absolute Gasteiger partial charge is 0.165 e. The summed E-state index contributed by atoms with van der Waals surface area (Å²) in [4.78, 5) is 7.17. The van der Waals surface area contributed by atoms with Crippen LogP contribution in [0.1, 0.15) is 6.92 Å². The zero-order valence-corrected chi connectivity index (χ0v) is 8.40. The third-order valence-electron chi connectivity index (χ3n) is 1.44. The molecule has 0 bridgehead atoms. The van der Waals surface area contributed by atoms with Crippen molar-refractivity contribution >= 4 is 11.8 Å². The highest BCUT2D eigenvalue weighted by atomic mass is 32.2. The molecule has 1 rings (SSSR count). The van der Waals surface area contributed by atoms with Gasteiger partial charge in [-0.2, -0.15) is 0 Å². The van der Waals surface area contributed by atoms with Gasteiger partial charge in [0.1, 0.15) is 0 Å². The second-order valence-electron chi connectivity index (χ2n) is 2.66. The van der Waals surface area contributed by atoms with Gasteiger partial charge >= 0.3 is 0 Å². The van der Waals surface area contributed by atoms with Crippen molar-refractivity contribution in [3.63, 3.8) is 0 Å². The van der Waals surface area contributed by atoms with Crippen molar-refractivity contribution < 1.29 is 0 Å². The first-order chi connectivity index (χ1) is 6.33. The molecule has 0 aliphatic carbocycles. The molecular weight excluding hydrogens is 182 g/mol. The van der Waals surface area contributed by atoms with Crippen LogP contribution in [0.4, 0.5) is 0 Å². The molecule has 3 nitrogen and oxygen atoms in total. The lowest BCUT2D eigenvalue weighted by atomic mass is 10.4. The van der Waals surface area contributed by atoms with E-state index >= 15 is 0 Å². The highest BCUT2D eigenvalue weighted by Gasteiger charge is 2.04. The fourth-order valence-electron chi connectivity index (χ4n) is 0.895. The van der Waals surface area contributed by atoms with Crippen LogP contribution >= 0.6 is 11.8 Å². The minimum Gasteiger partial charge on any atom is -0.340 e. The number of imidazole rings is 1. The molecule has 0 aliphatic heterocycles. The molecule has 0 spiro atoms. The molecular formula is C9H13N3S. The van der Waals surface area contributed by atoms with Crippen molar-refractivity contribution in [1.82, 2.24) is 15.3 Å². The minimum absolute atomic E-state index is 0.472. The normalized spacial score (nSPS) is 12.3. The Labute approximate surface area is 82.7 Å². The Morgan fingerprint density at radius 3 is 3.31 bits per heavy atom. The molecule has 70 valence electrons. The number of H-pyrrole nitrogens is 1. The van der Waals surface area contributed by atoms with Gasteiger partial charge in [0.05, 0.1) is 6.54 Å². The van der Waals surface area contributed by atoms with Gasteiger partial charge in [0.25, 0.3) is 0 Å². The molecule has 0 fully saturated rings. The topological polar surface area (TPSA) is 40.7 Å². The summed E-state index contributed by atoms with van der Waals surface area (Å²) in [6.07, 6.45) is 8.69. The number of aromatic nitrogens is 2. The largest absolute Gasteiger partial charge is 0.340 e. The summed E-state index contributed by atoms with van der Waals surface area (Å²) in [5.74, 6) is 2.54. The van der Waals surface area contributed by atoms with E-state index in [0.29, 0.717) is 11.8 Å². The predicted octanol–water partition coefficient (Wildman–Crippen LogP) is 1.11. The maximum Gasteiger partial charge on any atom is 0.165 e. The molecule has 4 heteroatoms. The summed E-state index contributed by atoms with van der Waals surface area (Å²) in [5.41, 5.74) is 0. The van der Waals surface area contributed by atoms with E-state index in [1.54, 1.807) is 18.0 Å². The summed E-state index contributed by atoms with van der Waals surface area (Å²) < 4.78 is 0. The molecule has 13 heavy (non-hydrogen) atoms. The lowest BCUT2D eigenvalue weighted by Crippen LogP contribution is -2.22. The second kappa shape index (κ2) is 5.68. The quantitative estimate of drug-likeness (QED) is 0.420. The zero-order valence-electron chi connectivity index (χ0n) is 7.58. The SMILES string of the molecule is C#CCNCC(C)Sc1ncc[nH]1. The van der Waals surface area contributed by atoms with E-state index in [9.17, 15) is 0 Å². The zero-order chi connectivity index (χ0) is 9.52. The first-order valence-electron chi connectivity index (χ1n) is 4.13. The summed E-state index contributed by atoms with van der Waals surface area (Å²) in [6.45, 7) is 3.66. The number of aromatic amines is 1. The second-order valence-corrected chi connectivity index (χ2v) is 4.08. The van der Waals surface area contributed by atoms with Gasteiger partial charge in [-0.05, 0) is 0 Å². The third kappa shape index (κ3) is 4.02. The van der Waals surface area contributed by atoms with Gasteiger partial charge in [0, 0.05) is 24.2 Å². The van der Waals surface area contributed by atoms with E-state index in [0.717, 1.165) is 11.7 Å². The fourth-order valence-corrected chi connectivity index (χ4v) is 1.74. The van der Waals surface area contributed by atoms with Crippen molar-refractivity contribution in [3.8, 4) is 12.3 Å². The number of nitrogens with one attached hydrogen (secondary N) is 2. The molecule has 0 saturated heterocycles. The lowest BCUT2D eigenvalue weighted by molar-refractivity contribution is 0.746. The Balaban J connectivity index is 2.19. The van der Waals surface area contributed by atoms with Gasteiger partial charge < -0.3 is 10.3 Å². The van der Waals surface area contributed by atoms with Crippen LogP contribution in [-0.2, 0) is 0 Å². The number of terminal acetylenes is 1. The van der Waals surface area contributed by atoms with E-state index in [2.05, 4.69) is 28.1 Å². The molecule has 1 unspecified atom stereocenters. The standard InChI is InChI=1S/C9H13N3S/c1-3-4-10-7-8(2)13-9-11-5-6-12-9/h1,5-6,8,10H,4,7H2,2H3,(H,11,12). The van der Waals surface area contributed by atoms with E-state index in [1.165, 1.54) is 0 Å². The van der Waals surface area contributed by atoms with Gasteiger partial charge in [-0.15, -0.1) is 6.42 Å². The van der Waals surface area contributed by atoms with Gasteiger partial charge in [-0.3, -0.25) is 0 Å². The van der Waals surface area contributed by atoms with Crippen molar-refractivity contribution in [1.29, 1.82) is 0 Å². The maximum absolute atomic E-state index is 5.11. The van der Waals surface area contributed by atoms with Gasteiger partial charge in [-0.1, -0.05) is 24.6 Å². The Kier molecular flexibility index (Phi) is 4.44. The molecule has 0 aliphatic rings. The van der Waals surface area contributed by atoms with Crippen molar-refractivity contribution in [2.75, 3.05) is 13.1 Å². The third-order valence-corrected chi connectivity index (χ3v) is 2.46. The van der Waals surface area contributed by atoms with Crippen LogP contribution in [0.5, 0.6) is 0 Å². The van der Waals surface area contributed by atoms with Crippen LogP contribution in [0.3, 0.4) is 0 Å².